The van der Waals surface area contributed by atoms with Crippen LogP contribution in [-0.4, -0.2) is 42.5 Å². The van der Waals surface area contributed by atoms with Gasteiger partial charge in [0.05, 0.1) is 11.4 Å². The number of halogens is 1. The maximum absolute atomic E-state index is 12.3. The normalized spacial score (nSPS) is 14.9. The number of nitrogens with zero attached hydrogens (tertiary/aromatic N) is 1. The maximum Gasteiger partial charge on any atom is 0.260 e. The molecular formula is C19H21ClN2O3S. The van der Waals surface area contributed by atoms with E-state index in [1.54, 1.807) is 28.4 Å². The van der Waals surface area contributed by atoms with Crippen LogP contribution >= 0.6 is 22.9 Å². The van der Waals surface area contributed by atoms with Crippen LogP contribution in [0.15, 0.2) is 41.8 Å². The van der Waals surface area contributed by atoms with Gasteiger partial charge in [0, 0.05) is 24.0 Å². The van der Waals surface area contributed by atoms with Gasteiger partial charge < -0.3 is 15.0 Å². The van der Waals surface area contributed by atoms with Crippen molar-refractivity contribution < 1.29 is 14.3 Å². The lowest BCUT2D eigenvalue weighted by Gasteiger charge is -2.32. The smallest absolute Gasteiger partial charge is 0.260 e. The fraction of sp³-hybridized carbons (Fsp3) is 0.368. The second-order valence-electron chi connectivity index (χ2n) is 6.20. The fourth-order valence-corrected chi connectivity index (χ4v) is 3.81. The zero-order valence-corrected chi connectivity index (χ0v) is 15.9. The van der Waals surface area contributed by atoms with Crippen molar-refractivity contribution in [2.75, 3.05) is 19.7 Å². The van der Waals surface area contributed by atoms with Gasteiger partial charge >= 0.3 is 0 Å². The molecule has 0 unspecified atom stereocenters. The van der Waals surface area contributed by atoms with Crippen LogP contribution < -0.4 is 10.1 Å². The molecule has 7 heteroatoms. The molecule has 1 aromatic carbocycles. The average molecular weight is 393 g/mol. The molecule has 0 atom stereocenters. The summed E-state index contributed by atoms with van der Waals surface area (Å²) < 4.78 is 5.51. The molecule has 26 heavy (non-hydrogen) atoms. The van der Waals surface area contributed by atoms with Crippen LogP contribution in [0.1, 0.15) is 17.7 Å². The lowest BCUT2D eigenvalue weighted by Crippen LogP contribution is -2.47. The molecule has 2 heterocycles. The zero-order chi connectivity index (χ0) is 18.4. The van der Waals surface area contributed by atoms with Crippen LogP contribution in [0.2, 0.25) is 5.02 Å². The topological polar surface area (TPSA) is 58.6 Å². The number of nitrogens with one attached hydrogen (secondary N) is 1. The lowest BCUT2D eigenvalue weighted by molar-refractivity contribution is -0.134. The number of piperidine rings is 1. The van der Waals surface area contributed by atoms with Gasteiger partial charge in [-0.25, -0.2) is 0 Å². The van der Waals surface area contributed by atoms with E-state index in [9.17, 15) is 9.59 Å². The van der Waals surface area contributed by atoms with E-state index in [4.69, 9.17) is 16.3 Å². The highest BCUT2D eigenvalue weighted by atomic mass is 35.5. The van der Waals surface area contributed by atoms with Crippen LogP contribution in [0.3, 0.4) is 0 Å². The monoisotopic (exact) mass is 392 g/mol. The third-order valence-corrected chi connectivity index (χ3v) is 5.50. The van der Waals surface area contributed by atoms with E-state index in [0.29, 0.717) is 30.3 Å². The number of rotatable bonds is 6. The highest BCUT2D eigenvalue weighted by Crippen LogP contribution is 2.23. The van der Waals surface area contributed by atoms with Crippen molar-refractivity contribution in [1.29, 1.82) is 0 Å². The molecule has 1 saturated heterocycles. The number of para-hydroxylation sites is 1. The molecule has 1 aliphatic rings. The molecule has 3 rings (SSSR count). The molecule has 0 bridgehead atoms. The summed E-state index contributed by atoms with van der Waals surface area (Å²) in [5.41, 5.74) is 0. The Kier molecular flexibility index (Phi) is 6.52. The molecule has 2 aromatic rings. The van der Waals surface area contributed by atoms with Gasteiger partial charge in [0.15, 0.2) is 6.61 Å². The van der Waals surface area contributed by atoms with Gasteiger partial charge in [0.2, 0.25) is 5.91 Å². The number of thiophene rings is 1. The Morgan fingerprint density at radius 3 is 2.65 bits per heavy atom. The number of ether oxygens (including phenoxy) is 1. The second-order valence-corrected chi connectivity index (χ2v) is 7.64. The van der Waals surface area contributed by atoms with Gasteiger partial charge in [0.1, 0.15) is 5.75 Å². The van der Waals surface area contributed by atoms with E-state index >= 15 is 0 Å². The number of benzene rings is 1. The number of carbonyl (C=O) groups is 2. The lowest BCUT2D eigenvalue weighted by atomic mass is 10.0. The van der Waals surface area contributed by atoms with Crippen LogP contribution in [0.5, 0.6) is 5.75 Å². The standard InChI is InChI=1S/C19H21ClN2O3S/c20-16-5-1-2-6-17(16)25-13-19(24)22-9-7-14(8-10-22)21-18(23)12-15-4-3-11-26-15/h1-6,11,14H,7-10,12-13H2,(H,21,23). The van der Waals surface area contributed by atoms with Gasteiger partial charge in [-0.3, -0.25) is 9.59 Å². The highest BCUT2D eigenvalue weighted by Gasteiger charge is 2.24. The van der Waals surface area contributed by atoms with Crippen molar-refractivity contribution in [3.8, 4) is 5.75 Å². The molecule has 1 N–H and O–H groups in total. The van der Waals surface area contributed by atoms with Gasteiger partial charge in [-0.2, -0.15) is 0 Å². The van der Waals surface area contributed by atoms with Crippen LogP contribution in [0.4, 0.5) is 0 Å². The molecule has 138 valence electrons. The van der Waals surface area contributed by atoms with Crippen molar-refractivity contribution in [1.82, 2.24) is 10.2 Å². The summed E-state index contributed by atoms with van der Waals surface area (Å²) >= 11 is 7.61. The summed E-state index contributed by atoms with van der Waals surface area (Å²) in [6, 6.07) is 11.1. The Hall–Kier alpha value is -2.05. The number of amides is 2. The van der Waals surface area contributed by atoms with Crippen molar-refractivity contribution >= 4 is 34.8 Å². The Balaban J connectivity index is 1.39. The van der Waals surface area contributed by atoms with Crippen molar-refractivity contribution in [3.05, 3.63) is 51.7 Å². The van der Waals surface area contributed by atoms with Crippen molar-refractivity contribution in [2.45, 2.75) is 25.3 Å². The zero-order valence-electron chi connectivity index (χ0n) is 14.3. The van der Waals surface area contributed by atoms with E-state index in [2.05, 4.69) is 5.32 Å². The number of hydrogen-bond acceptors (Lipinski definition) is 4. The molecule has 1 aliphatic heterocycles. The molecule has 0 aliphatic carbocycles. The minimum atomic E-state index is -0.0618. The summed E-state index contributed by atoms with van der Waals surface area (Å²) in [7, 11) is 0. The first-order valence-corrected chi connectivity index (χ1v) is 9.84. The predicted molar refractivity (Wildman–Crippen MR) is 103 cm³/mol. The first kappa shape index (κ1) is 18.7. The summed E-state index contributed by atoms with van der Waals surface area (Å²) in [5.74, 6) is 0.491. The summed E-state index contributed by atoms with van der Waals surface area (Å²) in [4.78, 5) is 27.2. The Morgan fingerprint density at radius 1 is 1.19 bits per heavy atom. The SMILES string of the molecule is O=C(Cc1cccs1)NC1CCN(C(=O)COc2ccccc2Cl)CC1. The molecule has 1 aromatic heterocycles. The largest absolute Gasteiger partial charge is 0.482 e. The fourth-order valence-electron chi connectivity index (χ4n) is 2.92. The molecule has 2 amide bonds. The molecule has 0 saturated carbocycles. The Labute approximate surface area is 161 Å². The van der Waals surface area contributed by atoms with E-state index in [0.717, 1.165) is 17.7 Å². The predicted octanol–water partition coefficient (Wildman–Crippen LogP) is 3.13. The third kappa shape index (κ3) is 5.22. The van der Waals surface area contributed by atoms with Crippen molar-refractivity contribution in [2.24, 2.45) is 0 Å². The van der Waals surface area contributed by atoms with Crippen LogP contribution in [0.25, 0.3) is 0 Å². The Bertz CT molecular complexity index is 743. The minimum Gasteiger partial charge on any atom is -0.482 e. The maximum atomic E-state index is 12.3. The summed E-state index contributed by atoms with van der Waals surface area (Å²) in [5, 5.41) is 5.53. The van der Waals surface area contributed by atoms with Gasteiger partial charge in [-0.05, 0) is 36.4 Å². The Morgan fingerprint density at radius 2 is 1.96 bits per heavy atom. The minimum absolute atomic E-state index is 0.0286. The van der Waals surface area contributed by atoms with E-state index in [1.807, 2.05) is 29.6 Å². The molecular weight excluding hydrogens is 372 g/mol. The van der Waals surface area contributed by atoms with Gasteiger partial charge in [0.25, 0.3) is 5.91 Å². The summed E-state index contributed by atoms with van der Waals surface area (Å²) in [6.07, 6.45) is 1.94. The van der Waals surface area contributed by atoms with Crippen LogP contribution in [0, 0.1) is 0 Å². The average Bonchev–Trinajstić information content (AvgIpc) is 3.14. The highest BCUT2D eigenvalue weighted by molar-refractivity contribution is 7.10. The van der Waals surface area contributed by atoms with Crippen molar-refractivity contribution in [3.63, 3.8) is 0 Å². The summed E-state index contributed by atoms with van der Waals surface area (Å²) in [6.45, 7) is 1.21. The second kappa shape index (κ2) is 9.05. The molecule has 0 spiro atoms. The van der Waals surface area contributed by atoms with E-state index < -0.39 is 0 Å². The first-order valence-electron chi connectivity index (χ1n) is 8.58. The molecule has 5 nitrogen and oxygen atoms in total. The molecule has 1 fully saturated rings. The van der Waals surface area contributed by atoms with E-state index in [-0.39, 0.29) is 24.5 Å². The van der Waals surface area contributed by atoms with Gasteiger partial charge in [-0.1, -0.05) is 29.8 Å². The van der Waals surface area contributed by atoms with E-state index in [1.165, 1.54) is 0 Å². The number of likely N-dealkylation sites (tertiary alicyclic amines) is 1. The molecule has 0 radical (unpaired) electrons. The quantitative estimate of drug-likeness (QED) is 0.821. The number of hydrogen-bond donors (Lipinski definition) is 1. The van der Waals surface area contributed by atoms with Gasteiger partial charge in [-0.15, -0.1) is 11.3 Å². The first-order chi connectivity index (χ1) is 12.6. The van der Waals surface area contributed by atoms with Crippen LogP contribution in [-0.2, 0) is 16.0 Å². The third-order valence-electron chi connectivity index (χ3n) is 4.32. The number of carbonyl (C=O) groups excluding carboxylic acids is 2.